The third-order valence-corrected chi connectivity index (χ3v) is 5.22. The molecule has 2 aromatic heterocycles. The van der Waals surface area contributed by atoms with E-state index in [1.807, 2.05) is 49.5 Å². The van der Waals surface area contributed by atoms with Crippen molar-refractivity contribution >= 4 is 24.0 Å². The first-order valence-electron chi connectivity index (χ1n) is 10.8. The number of rotatable bonds is 8. The van der Waals surface area contributed by atoms with Crippen LogP contribution in [0.15, 0.2) is 63.1 Å². The molecule has 1 aliphatic heterocycles. The van der Waals surface area contributed by atoms with Crippen LogP contribution in [0.2, 0.25) is 0 Å². The molecule has 1 fully saturated rings. The summed E-state index contributed by atoms with van der Waals surface area (Å²) < 4.78 is 13.2. The molecule has 32 heavy (non-hydrogen) atoms. The summed E-state index contributed by atoms with van der Waals surface area (Å²) in [5, 5.41) is 4.64. The average molecular weight is 434 g/mol. The topological polar surface area (TPSA) is 85.2 Å². The van der Waals surface area contributed by atoms with Crippen LogP contribution in [0.4, 0.5) is 5.69 Å². The van der Waals surface area contributed by atoms with Gasteiger partial charge in [-0.1, -0.05) is 37.3 Å². The van der Waals surface area contributed by atoms with Crippen molar-refractivity contribution in [3.63, 3.8) is 0 Å². The number of ether oxygens (including phenoxy) is 1. The number of nitrogens with zero attached hydrogens (tertiary/aromatic N) is 5. The number of amidine groups is 1. The van der Waals surface area contributed by atoms with E-state index >= 15 is 0 Å². The minimum atomic E-state index is -0.0513. The van der Waals surface area contributed by atoms with Gasteiger partial charge in [0.1, 0.15) is 12.4 Å². The van der Waals surface area contributed by atoms with Gasteiger partial charge in [-0.25, -0.2) is 4.99 Å². The maximum Gasteiger partial charge on any atom is 0.198 e. The van der Waals surface area contributed by atoms with Crippen LogP contribution in [0.1, 0.15) is 36.1 Å². The molecule has 3 aromatic rings. The summed E-state index contributed by atoms with van der Waals surface area (Å²) in [5.41, 5.74) is 2.44. The number of morpholine rings is 1. The van der Waals surface area contributed by atoms with E-state index in [1.54, 1.807) is 10.7 Å². The number of benzene rings is 1. The van der Waals surface area contributed by atoms with Crippen LogP contribution in [-0.2, 0) is 11.4 Å². The van der Waals surface area contributed by atoms with E-state index in [1.165, 1.54) is 0 Å². The number of hydrogen-bond donors (Lipinski definition) is 0. The predicted octanol–water partition coefficient (Wildman–Crippen LogP) is 4.19. The number of aromatic nitrogens is 2. The normalized spacial score (nSPS) is 14.5. The molecule has 166 valence electrons. The van der Waals surface area contributed by atoms with Crippen molar-refractivity contribution in [3.8, 4) is 11.3 Å². The van der Waals surface area contributed by atoms with Crippen molar-refractivity contribution in [2.75, 3.05) is 26.3 Å². The summed E-state index contributed by atoms with van der Waals surface area (Å²) in [4.78, 5) is 23.4. The lowest BCUT2D eigenvalue weighted by Crippen LogP contribution is -2.41. The second kappa shape index (κ2) is 10.2. The Morgan fingerprint density at radius 1 is 1.19 bits per heavy atom. The molecule has 0 saturated carbocycles. The van der Waals surface area contributed by atoms with Crippen LogP contribution in [0.3, 0.4) is 0 Å². The van der Waals surface area contributed by atoms with Gasteiger partial charge in [0, 0.05) is 37.3 Å². The summed E-state index contributed by atoms with van der Waals surface area (Å²) >= 11 is 0. The number of ketones is 1. The molecule has 8 heteroatoms. The van der Waals surface area contributed by atoms with Gasteiger partial charge >= 0.3 is 0 Å². The Kier molecular flexibility index (Phi) is 6.91. The van der Waals surface area contributed by atoms with Crippen LogP contribution in [0, 0.1) is 0 Å². The molecular formula is C24H27N5O3. The van der Waals surface area contributed by atoms with Crippen molar-refractivity contribution in [2.24, 2.45) is 9.98 Å². The second-order valence-corrected chi connectivity index (χ2v) is 7.49. The Morgan fingerprint density at radius 3 is 2.69 bits per heavy atom. The third-order valence-electron chi connectivity index (χ3n) is 5.22. The number of Topliss-reactive ketones (excluding diaryl/α,β-unsaturated/α-hetero) is 1. The first kappa shape index (κ1) is 21.7. The van der Waals surface area contributed by atoms with Gasteiger partial charge in [-0.2, -0.15) is 5.10 Å². The summed E-state index contributed by atoms with van der Waals surface area (Å²) in [7, 11) is 0. The lowest BCUT2D eigenvalue weighted by molar-refractivity contribution is 0.0675. The third kappa shape index (κ3) is 4.86. The number of carbonyl (C=O) groups is 1. The Morgan fingerprint density at radius 2 is 1.97 bits per heavy atom. The van der Waals surface area contributed by atoms with Gasteiger partial charge in [-0.05, 0) is 19.2 Å². The summed E-state index contributed by atoms with van der Waals surface area (Å²) in [6.07, 6.45) is 3.07. The summed E-state index contributed by atoms with van der Waals surface area (Å²) in [5.74, 6) is 1.32. The monoisotopic (exact) mass is 433 g/mol. The van der Waals surface area contributed by atoms with Gasteiger partial charge in [0.2, 0.25) is 0 Å². The quantitative estimate of drug-likeness (QED) is 0.302. The Bertz CT molecular complexity index is 1090. The zero-order chi connectivity index (χ0) is 22.3. The lowest BCUT2D eigenvalue weighted by atomic mass is 10.2. The van der Waals surface area contributed by atoms with Crippen molar-refractivity contribution in [2.45, 2.75) is 26.4 Å². The smallest absolute Gasteiger partial charge is 0.198 e. The average Bonchev–Trinajstić information content (AvgIpc) is 3.48. The maximum atomic E-state index is 12.4. The molecule has 1 aromatic carbocycles. The molecule has 0 unspecified atom stereocenters. The standard InChI is InChI=1S/C24H27N5O3/c1-3-7-21(30)22-16-20(25-2)23(32-22)24(28-12-14-31-15-13-28)26-17-29-11-10-19(27-29)18-8-5-4-6-9-18/h4-6,8-11,16H,2-3,7,12-15,17H2,1H3/b26-24+. The Hall–Kier alpha value is -3.52. The number of hydrogen-bond acceptors (Lipinski definition) is 6. The molecule has 0 amide bonds. The molecule has 0 aliphatic carbocycles. The molecule has 0 radical (unpaired) electrons. The Labute approximate surface area is 187 Å². The van der Waals surface area contributed by atoms with E-state index in [0.29, 0.717) is 56.7 Å². The zero-order valence-electron chi connectivity index (χ0n) is 18.2. The SMILES string of the molecule is C=Nc1cc(C(=O)CCC)oc1/C(=N\Cn1ccc(-c2ccccc2)n1)N1CCOCC1. The number of furan rings is 1. The van der Waals surface area contributed by atoms with Crippen LogP contribution >= 0.6 is 0 Å². The molecule has 1 saturated heterocycles. The highest BCUT2D eigenvalue weighted by Crippen LogP contribution is 2.27. The van der Waals surface area contributed by atoms with Gasteiger partial charge in [0.15, 0.2) is 23.1 Å². The molecule has 0 bridgehead atoms. The molecule has 0 N–H and O–H groups in total. The van der Waals surface area contributed by atoms with Gasteiger partial charge in [-0.15, -0.1) is 0 Å². The van der Waals surface area contributed by atoms with E-state index in [2.05, 4.69) is 21.7 Å². The largest absolute Gasteiger partial charge is 0.447 e. The van der Waals surface area contributed by atoms with Gasteiger partial charge in [0.25, 0.3) is 0 Å². The molecule has 1 aliphatic rings. The van der Waals surface area contributed by atoms with Gasteiger partial charge < -0.3 is 14.1 Å². The van der Waals surface area contributed by atoms with E-state index in [-0.39, 0.29) is 11.5 Å². The molecule has 0 atom stereocenters. The summed E-state index contributed by atoms with van der Waals surface area (Å²) in [6.45, 7) is 8.45. The van der Waals surface area contributed by atoms with E-state index in [4.69, 9.17) is 14.1 Å². The molecule has 0 spiro atoms. The van der Waals surface area contributed by atoms with Crippen molar-refractivity contribution in [3.05, 3.63) is 60.2 Å². The van der Waals surface area contributed by atoms with Crippen molar-refractivity contribution < 1.29 is 13.9 Å². The second-order valence-electron chi connectivity index (χ2n) is 7.49. The van der Waals surface area contributed by atoms with Gasteiger partial charge in [0.05, 0.1) is 18.9 Å². The van der Waals surface area contributed by atoms with Gasteiger partial charge in [-0.3, -0.25) is 14.5 Å². The first-order valence-corrected chi connectivity index (χ1v) is 10.8. The van der Waals surface area contributed by atoms with Crippen LogP contribution < -0.4 is 0 Å². The number of carbonyl (C=O) groups excluding carboxylic acids is 1. The van der Waals surface area contributed by atoms with E-state index < -0.39 is 0 Å². The molecule has 3 heterocycles. The maximum absolute atomic E-state index is 12.4. The highest BCUT2D eigenvalue weighted by Gasteiger charge is 2.25. The van der Waals surface area contributed by atoms with Crippen LogP contribution in [0.25, 0.3) is 11.3 Å². The van der Waals surface area contributed by atoms with Crippen LogP contribution in [0.5, 0.6) is 0 Å². The fraction of sp³-hybridized carbons (Fsp3) is 0.333. The fourth-order valence-electron chi connectivity index (χ4n) is 3.58. The van der Waals surface area contributed by atoms with Crippen molar-refractivity contribution in [1.82, 2.24) is 14.7 Å². The van der Waals surface area contributed by atoms with Crippen LogP contribution in [-0.4, -0.2) is 59.3 Å². The molecule has 8 nitrogen and oxygen atoms in total. The van der Waals surface area contributed by atoms with E-state index in [9.17, 15) is 4.79 Å². The lowest BCUT2D eigenvalue weighted by Gasteiger charge is -2.29. The molecule has 4 rings (SSSR count). The first-order chi connectivity index (χ1) is 15.7. The fourth-order valence-corrected chi connectivity index (χ4v) is 3.58. The zero-order valence-corrected chi connectivity index (χ0v) is 18.2. The predicted molar refractivity (Wildman–Crippen MR) is 124 cm³/mol. The van der Waals surface area contributed by atoms with E-state index in [0.717, 1.165) is 17.7 Å². The highest BCUT2D eigenvalue weighted by atomic mass is 16.5. The molecular weight excluding hydrogens is 406 g/mol. The van der Waals surface area contributed by atoms with Crippen molar-refractivity contribution in [1.29, 1.82) is 0 Å². The minimum Gasteiger partial charge on any atom is -0.447 e. The minimum absolute atomic E-state index is 0.0513. The summed E-state index contributed by atoms with van der Waals surface area (Å²) in [6, 6.07) is 13.6. The highest BCUT2D eigenvalue weighted by molar-refractivity contribution is 6.03. The Balaban J connectivity index is 1.64. The number of aliphatic imine (C=N–C) groups is 2.